The Morgan fingerprint density at radius 1 is 1.14 bits per heavy atom. The number of carbonyl (C=O) groups is 1. The van der Waals surface area contributed by atoms with Crippen molar-refractivity contribution in [1.29, 1.82) is 0 Å². The van der Waals surface area contributed by atoms with Crippen LogP contribution in [0.15, 0.2) is 0 Å². The van der Waals surface area contributed by atoms with Crippen LogP contribution in [-0.2, 0) is 9.53 Å². The molecule has 0 amide bonds. The zero-order valence-corrected chi connectivity index (χ0v) is 10.1. The van der Waals surface area contributed by atoms with Crippen molar-refractivity contribution in [1.82, 2.24) is 4.90 Å². The van der Waals surface area contributed by atoms with Crippen molar-refractivity contribution >= 4 is 5.97 Å². The van der Waals surface area contributed by atoms with Gasteiger partial charge in [-0.1, -0.05) is 27.7 Å². The van der Waals surface area contributed by atoms with Gasteiger partial charge in [0.2, 0.25) is 0 Å². The Morgan fingerprint density at radius 3 is 1.79 bits per heavy atom. The summed E-state index contributed by atoms with van der Waals surface area (Å²) in [5.41, 5.74) is -0.418. The summed E-state index contributed by atoms with van der Waals surface area (Å²) >= 11 is 0. The molecule has 0 rings (SSSR count). The third kappa shape index (κ3) is 2.27. The number of hydrogen-bond acceptors (Lipinski definition) is 3. The number of rotatable bonds is 6. The fourth-order valence-electron chi connectivity index (χ4n) is 2.13. The van der Waals surface area contributed by atoms with Crippen molar-refractivity contribution in [2.24, 2.45) is 0 Å². The first-order valence-electron chi connectivity index (χ1n) is 5.46. The lowest BCUT2D eigenvalue weighted by molar-refractivity contribution is -0.156. The van der Waals surface area contributed by atoms with Crippen LogP contribution in [0, 0.1) is 0 Å². The van der Waals surface area contributed by atoms with Crippen LogP contribution in [-0.4, -0.2) is 36.6 Å². The van der Waals surface area contributed by atoms with Gasteiger partial charge in [0.1, 0.15) is 5.54 Å². The summed E-state index contributed by atoms with van der Waals surface area (Å²) in [5.74, 6) is -0.105. The lowest BCUT2D eigenvalue weighted by Gasteiger charge is -2.39. The van der Waals surface area contributed by atoms with E-state index in [0.717, 1.165) is 25.9 Å². The molecule has 84 valence electrons. The predicted octanol–water partition coefficient (Wildman–Crippen LogP) is 2.06. The second kappa shape index (κ2) is 6.02. The van der Waals surface area contributed by atoms with Crippen LogP contribution >= 0.6 is 0 Å². The van der Waals surface area contributed by atoms with E-state index in [1.807, 2.05) is 13.8 Å². The number of carbonyl (C=O) groups excluding carboxylic acids is 1. The number of ether oxygens (including phenoxy) is 1. The molecule has 0 aliphatic heterocycles. The average Bonchev–Trinajstić information content (AvgIpc) is 2.25. The number of nitrogens with zero attached hydrogens (tertiary/aromatic N) is 1. The summed E-state index contributed by atoms with van der Waals surface area (Å²) in [7, 11) is 1.46. The Labute approximate surface area is 87.4 Å². The van der Waals surface area contributed by atoms with Gasteiger partial charge in [0, 0.05) is 0 Å². The Kier molecular flexibility index (Phi) is 5.77. The number of likely N-dealkylation sites (N-methyl/N-ethyl adjacent to an activating group) is 1. The highest BCUT2D eigenvalue weighted by molar-refractivity contribution is 5.80. The van der Waals surface area contributed by atoms with Crippen LogP contribution in [0.3, 0.4) is 0 Å². The van der Waals surface area contributed by atoms with Crippen LogP contribution in [0.4, 0.5) is 0 Å². The zero-order valence-electron chi connectivity index (χ0n) is 10.1. The highest BCUT2D eigenvalue weighted by atomic mass is 16.5. The predicted molar refractivity (Wildman–Crippen MR) is 58.3 cm³/mol. The van der Waals surface area contributed by atoms with Crippen molar-refractivity contribution in [3.05, 3.63) is 0 Å². The SMILES string of the molecule is CCN(CC)C(CC)(CC)C(=O)OC. The summed E-state index contributed by atoms with van der Waals surface area (Å²) in [6.07, 6.45) is 1.61. The van der Waals surface area contributed by atoms with Gasteiger partial charge in [-0.05, 0) is 25.9 Å². The average molecular weight is 201 g/mol. The Bertz CT molecular complexity index is 172. The van der Waals surface area contributed by atoms with Crippen LogP contribution in [0.1, 0.15) is 40.5 Å². The Balaban J connectivity index is 4.93. The van der Waals surface area contributed by atoms with E-state index in [1.165, 1.54) is 7.11 Å². The molecular formula is C11H23NO2. The molecule has 0 aromatic carbocycles. The molecule has 0 radical (unpaired) electrons. The van der Waals surface area contributed by atoms with Crippen LogP contribution < -0.4 is 0 Å². The molecular weight excluding hydrogens is 178 g/mol. The molecule has 0 saturated carbocycles. The molecule has 0 aliphatic carbocycles. The van der Waals surface area contributed by atoms with Crippen molar-refractivity contribution < 1.29 is 9.53 Å². The first kappa shape index (κ1) is 13.4. The molecule has 14 heavy (non-hydrogen) atoms. The van der Waals surface area contributed by atoms with Gasteiger partial charge in [0.05, 0.1) is 7.11 Å². The standard InChI is InChI=1S/C11H23NO2/c1-6-11(7-2,10(13)14-5)12(8-3)9-4/h6-9H2,1-5H3. The second-order valence-electron chi connectivity index (χ2n) is 3.40. The molecule has 0 heterocycles. The molecule has 0 fully saturated rings. The number of hydrogen-bond donors (Lipinski definition) is 0. The van der Waals surface area contributed by atoms with Gasteiger partial charge in [-0.2, -0.15) is 0 Å². The van der Waals surface area contributed by atoms with Gasteiger partial charge in [0.25, 0.3) is 0 Å². The smallest absolute Gasteiger partial charge is 0.326 e. The Morgan fingerprint density at radius 2 is 1.57 bits per heavy atom. The quantitative estimate of drug-likeness (QED) is 0.616. The monoisotopic (exact) mass is 201 g/mol. The van der Waals surface area contributed by atoms with Gasteiger partial charge >= 0.3 is 5.97 Å². The molecule has 0 aromatic heterocycles. The maximum Gasteiger partial charge on any atom is 0.326 e. The number of esters is 1. The van der Waals surface area contributed by atoms with Gasteiger partial charge in [-0.15, -0.1) is 0 Å². The van der Waals surface area contributed by atoms with E-state index in [9.17, 15) is 4.79 Å². The fraction of sp³-hybridized carbons (Fsp3) is 0.909. The summed E-state index contributed by atoms with van der Waals surface area (Å²) in [6.45, 7) is 10.00. The molecule has 0 saturated heterocycles. The fourth-order valence-corrected chi connectivity index (χ4v) is 2.13. The summed E-state index contributed by atoms with van der Waals surface area (Å²) in [4.78, 5) is 14.0. The molecule has 0 bridgehead atoms. The maximum atomic E-state index is 11.8. The van der Waals surface area contributed by atoms with Crippen molar-refractivity contribution in [2.75, 3.05) is 20.2 Å². The van der Waals surface area contributed by atoms with Crippen LogP contribution in [0.2, 0.25) is 0 Å². The molecule has 0 spiro atoms. The van der Waals surface area contributed by atoms with Gasteiger partial charge in [-0.25, -0.2) is 0 Å². The van der Waals surface area contributed by atoms with E-state index in [4.69, 9.17) is 4.74 Å². The molecule has 3 heteroatoms. The van der Waals surface area contributed by atoms with Crippen molar-refractivity contribution in [3.63, 3.8) is 0 Å². The minimum atomic E-state index is -0.418. The lowest BCUT2D eigenvalue weighted by atomic mass is 9.90. The third-order valence-corrected chi connectivity index (χ3v) is 3.10. The minimum absolute atomic E-state index is 0.105. The normalized spacial score (nSPS) is 11.9. The first-order valence-corrected chi connectivity index (χ1v) is 5.46. The van der Waals surface area contributed by atoms with Gasteiger partial charge in [-0.3, -0.25) is 9.69 Å². The van der Waals surface area contributed by atoms with Gasteiger partial charge in [0.15, 0.2) is 0 Å². The molecule has 0 N–H and O–H groups in total. The zero-order chi connectivity index (χ0) is 11.2. The van der Waals surface area contributed by atoms with Crippen molar-refractivity contribution in [3.8, 4) is 0 Å². The molecule has 3 nitrogen and oxygen atoms in total. The summed E-state index contributed by atoms with van der Waals surface area (Å²) < 4.78 is 4.90. The third-order valence-electron chi connectivity index (χ3n) is 3.10. The van der Waals surface area contributed by atoms with E-state index >= 15 is 0 Å². The van der Waals surface area contributed by atoms with Crippen LogP contribution in [0.5, 0.6) is 0 Å². The van der Waals surface area contributed by atoms with Crippen molar-refractivity contribution in [2.45, 2.75) is 46.1 Å². The van der Waals surface area contributed by atoms with E-state index in [-0.39, 0.29) is 5.97 Å². The molecule has 0 atom stereocenters. The second-order valence-corrected chi connectivity index (χ2v) is 3.40. The topological polar surface area (TPSA) is 29.5 Å². The molecule has 0 unspecified atom stereocenters. The van der Waals surface area contributed by atoms with E-state index in [0.29, 0.717) is 0 Å². The Hall–Kier alpha value is -0.570. The maximum absolute atomic E-state index is 11.8. The number of methoxy groups -OCH3 is 1. The van der Waals surface area contributed by atoms with Gasteiger partial charge < -0.3 is 4.74 Å². The minimum Gasteiger partial charge on any atom is -0.468 e. The largest absolute Gasteiger partial charge is 0.468 e. The van der Waals surface area contributed by atoms with E-state index in [2.05, 4.69) is 18.7 Å². The summed E-state index contributed by atoms with van der Waals surface area (Å²) in [6, 6.07) is 0. The van der Waals surface area contributed by atoms with E-state index < -0.39 is 5.54 Å². The first-order chi connectivity index (χ1) is 6.62. The summed E-state index contributed by atoms with van der Waals surface area (Å²) in [5, 5.41) is 0. The molecule has 0 aromatic rings. The van der Waals surface area contributed by atoms with Crippen LogP contribution in [0.25, 0.3) is 0 Å². The highest BCUT2D eigenvalue weighted by Crippen LogP contribution is 2.25. The lowest BCUT2D eigenvalue weighted by Crippen LogP contribution is -2.54. The van der Waals surface area contributed by atoms with E-state index in [1.54, 1.807) is 0 Å². The molecule has 0 aliphatic rings. The highest BCUT2D eigenvalue weighted by Gasteiger charge is 2.40.